The topological polar surface area (TPSA) is 291 Å². The van der Waals surface area contributed by atoms with E-state index in [2.05, 4.69) is 15.0 Å². The molecule has 0 radical (unpaired) electrons. The molecule has 5 aliphatic rings. The number of H-pyrrole nitrogens is 1. The summed E-state index contributed by atoms with van der Waals surface area (Å²) in [5.74, 6) is -6.10. The highest BCUT2D eigenvalue weighted by molar-refractivity contribution is 5.98. The Morgan fingerprint density at radius 2 is 1.67 bits per heavy atom. The minimum Gasteiger partial charge on any atom is -0.463 e. The van der Waals surface area contributed by atoms with Crippen LogP contribution in [0.3, 0.4) is 0 Å². The van der Waals surface area contributed by atoms with Gasteiger partial charge in [-0.05, 0) is 55.5 Å². The van der Waals surface area contributed by atoms with Crippen molar-refractivity contribution in [3.63, 3.8) is 0 Å². The molecule has 11 atom stereocenters. The Morgan fingerprint density at radius 1 is 0.970 bits per heavy atom. The number of aryl methyl sites for hydroxylation is 1. The van der Waals surface area contributed by atoms with Crippen LogP contribution in [0.25, 0.3) is 10.4 Å². The molecule has 2 N–H and O–H groups in total. The second-order valence-electron chi connectivity index (χ2n) is 18.5. The normalized spacial score (nSPS) is 33.0. The minimum absolute atomic E-state index is 0.0162. The number of rotatable bonds is 12. The van der Waals surface area contributed by atoms with E-state index in [4.69, 9.17) is 33.2 Å². The summed E-state index contributed by atoms with van der Waals surface area (Å²) < 4.78 is 43.5. The lowest BCUT2D eigenvalue weighted by Gasteiger charge is -2.67. The summed E-state index contributed by atoms with van der Waals surface area (Å²) in [7, 11) is 0. The molecule has 4 fully saturated rings. The number of esters is 5. The van der Waals surface area contributed by atoms with Gasteiger partial charge in [0.25, 0.3) is 5.56 Å². The van der Waals surface area contributed by atoms with Crippen molar-refractivity contribution in [2.75, 3.05) is 13.2 Å². The number of aromatic amines is 1. The highest BCUT2D eigenvalue weighted by Gasteiger charge is 2.77. The van der Waals surface area contributed by atoms with Crippen molar-refractivity contribution < 1.29 is 67.0 Å². The predicted molar refractivity (Wildman–Crippen MR) is 225 cm³/mol. The summed E-state index contributed by atoms with van der Waals surface area (Å²) in [6.45, 7) is 9.58. The first-order valence-corrected chi connectivity index (χ1v) is 21.7. The lowest BCUT2D eigenvalue weighted by Crippen LogP contribution is -2.80. The van der Waals surface area contributed by atoms with Gasteiger partial charge in [-0.25, -0.2) is 9.59 Å². The molecule has 2 saturated heterocycles. The van der Waals surface area contributed by atoms with Crippen molar-refractivity contribution in [2.45, 2.75) is 141 Å². The number of nitrogens with zero attached hydrogens (tertiary/aromatic N) is 4. The van der Waals surface area contributed by atoms with Crippen LogP contribution in [0.15, 0.2) is 62.4 Å². The van der Waals surface area contributed by atoms with E-state index in [-0.39, 0.29) is 48.1 Å². The predicted octanol–water partition coefficient (Wildman–Crippen LogP) is 3.38. The summed E-state index contributed by atoms with van der Waals surface area (Å²) in [6.07, 6.45) is -7.48. The number of azide groups is 1. The van der Waals surface area contributed by atoms with Crippen LogP contribution >= 0.6 is 0 Å². The third-order valence-electron chi connectivity index (χ3n) is 14.2. The van der Waals surface area contributed by atoms with Crippen molar-refractivity contribution >= 4 is 35.6 Å². The average Bonchev–Trinajstić information content (AvgIpc) is 3.64. The van der Waals surface area contributed by atoms with Crippen LogP contribution in [0.2, 0.25) is 0 Å². The molecule has 1 aromatic carbocycles. The number of allylic oxidation sites excluding steroid dienone is 1. The number of hydrogen-bond acceptors (Lipinski definition) is 17. The zero-order valence-electron chi connectivity index (χ0n) is 37.6. The van der Waals surface area contributed by atoms with E-state index in [1.165, 1.54) is 39.1 Å². The smallest absolute Gasteiger partial charge is 0.338 e. The first-order valence-electron chi connectivity index (χ1n) is 21.7. The molecule has 0 unspecified atom stereocenters. The van der Waals surface area contributed by atoms with Gasteiger partial charge in [-0.15, -0.1) is 0 Å². The second-order valence-corrected chi connectivity index (χ2v) is 18.5. The van der Waals surface area contributed by atoms with Gasteiger partial charge in [0.2, 0.25) is 0 Å². The number of Topliss-reactive ketones (excluding diaryl/α,β-unsaturated/α-hetero) is 1. The number of fused-ring (bicyclic) bond motifs is 5. The van der Waals surface area contributed by atoms with Crippen LogP contribution in [0.5, 0.6) is 0 Å². The summed E-state index contributed by atoms with van der Waals surface area (Å²) in [5.41, 5.74) is 1.53. The molecule has 354 valence electrons. The molecule has 1 aromatic heterocycles. The van der Waals surface area contributed by atoms with Crippen LogP contribution in [0.1, 0.15) is 102 Å². The monoisotopic (exact) mass is 919 g/mol. The van der Waals surface area contributed by atoms with E-state index < -0.39 is 143 Å². The summed E-state index contributed by atoms with van der Waals surface area (Å²) in [6, 6.07) is 7.09. The van der Waals surface area contributed by atoms with Gasteiger partial charge in [-0.2, -0.15) is 0 Å². The molecule has 0 amide bonds. The number of carbonyl (C=O) groups excluding carboxylic acids is 6. The Hall–Kier alpha value is -6.15. The zero-order valence-corrected chi connectivity index (χ0v) is 37.6. The first-order chi connectivity index (χ1) is 31.1. The van der Waals surface area contributed by atoms with Gasteiger partial charge in [0, 0.05) is 54.2 Å². The second kappa shape index (κ2) is 17.9. The third kappa shape index (κ3) is 8.33. The molecule has 2 aromatic rings. The maximum Gasteiger partial charge on any atom is 0.338 e. The maximum atomic E-state index is 14.2. The van der Waals surface area contributed by atoms with Gasteiger partial charge >= 0.3 is 35.5 Å². The number of carbonyl (C=O) groups is 6. The third-order valence-corrected chi connectivity index (χ3v) is 14.2. The molecule has 0 spiro atoms. The lowest BCUT2D eigenvalue weighted by molar-refractivity contribution is -0.347. The highest BCUT2D eigenvalue weighted by Crippen LogP contribution is 2.65. The van der Waals surface area contributed by atoms with Crippen molar-refractivity contribution in [2.24, 2.45) is 21.9 Å². The summed E-state index contributed by atoms with van der Waals surface area (Å²) in [5, 5.41) is 17.0. The lowest BCUT2D eigenvalue weighted by atomic mass is 9.45. The van der Waals surface area contributed by atoms with Gasteiger partial charge in [0.05, 0.1) is 37.0 Å². The molecule has 21 heteroatoms. The van der Waals surface area contributed by atoms with Crippen molar-refractivity contribution in [1.82, 2.24) is 9.55 Å². The minimum atomic E-state index is -2.24. The van der Waals surface area contributed by atoms with Crippen molar-refractivity contribution in [1.29, 1.82) is 0 Å². The number of aliphatic hydroxyl groups is 1. The molecule has 2 bridgehead atoms. The van der Waals surface area contributed by atoms with Crippen LogP contribution in [-0.2, 0) is 57.1 Å². The Morgan fingerprint density at radius 3 is 2.30 bits per heavy atom. The van der Waals surface area contributed by atoms with Gasteiger partial charge in [-0.3, -0.25) is 38.3 Å². The van der Waals surface area contributed by atoms with E-state index >= 15 is 0 Å². The molecular formula is C45H53N5O16. The fourth-order valence-electron chi connectivity index (χ4n) is 10.8. The molecule has 3 heterocycles. The van der Waals surface area contributed by atoms with Crippen molar-refractivity contribution in [3.05, 3.63) is 90.1 Å². The van der Waals surface area contributed by atoms with E-state index in [0.717, 1.165) is 11.5 Å². The Bertz CT molecular complexity index is 2530. The van der Waals surface area contributed by atoms with E-state index in [1.807, 2.05) is 0 Å². The largest absolute Gasteiger partial charge is 0.463 e. The molecule has 66 heavy (non-hydrogen) atoms. The van der Waals surface area contributed by atoms with Crippen LogP contribution < -0.4 is 11.2 Å². The molecular weight excluding hydrogens is 867 g/mol. The number of benzene rings is 1. The fraction of sp³-hybridized carbons (Fsp3) is 0.600. The van der Waals surface area contributed by atoms with Crippen LogP contribution in [0, 0.1) is 23.7 Å². The zero-order chi connectivity index (χ0) is 48.1. The SMILES string of the molecule is CC(=O)O[C@@H]1C2=C(C)C(=O)C[C@@](O)([C@@H](OC(=O)c3ccccc3)[C@H]3[C@@](C)(CC[C@H]4OC[C@]43OC(C)=O)[C@H]1OC(=O)CCC(=O)OC[C@H]1O[C@@H](n3cc(C)c(=O)[nH]c3=O)C[C@@H]1N=[N+]=[N-])C2(C)C. The number of ether oxygens (including phenoxy) is 7. The first kappa shape index (κ1) is 47.8. The fourth-order valence-corrected chi connectivity index (χ4v) is 10.8. The molecule has 7 rings (SSSR count). The quantitative estimate of drug-likeness (QED) is 0.101. The van der Waals surface area contributed by atoms with E-state index in [9.17, 15) is 49.0 Å². The summed E-state index contributed by atoms with van der Waals surface area (Å²) in [4.78, 5) is 112. The van der Waals surface area contributed by atoms with Crippen molar-refractivity contribution in [3.8, 4) is 0 Å². The van der Waals surface area contributed by atoms with Crippen LogP contribution in [-0.4, -0.2) is 111 Å². The number of aromatic nitrogens is 2. The Balaban J connectivity index is 1.22. The average molecular weight is 920 g/mol. The van der Waals surface area contributed by atoms with Gasteiger partial charge in [0.15, 0.2) is 17.5 Å². The van der Waals surface area contributed by atoms with Gasteiger partial charge in [0.1, 0.15) is 42.9 Å². The van der Waals surface area contributed by atoms with Gasteiger partial charge in [-0.1, -0.05) is 44.1 Å². The maximum absolute atomic E-state index is 14.2. The number of nitrogens with one attached hydrogen (secondary N) is 1. The molecule has 21 nitrogen and oxygen atoms in total. The Labute approximate surface area is 377 Å². The molecule has 3 aliphatic carbocycles. The van der Waals surface area contributed by atoms with Gasteiger partial charge < -0.3 is 38.3 Å². The number of hydrogen-bond donors (Lipinski definition) is 2. The number of ketones is 1. The standard InChI is InChI=1S/C45H53N5O16/c1-22-19-50(41(58)47-39(22)56)31-17-27(48-49-46)29(63-31)20-60-32(54)13-14-33(55)64-37-35(62-24(3)51)34-23(2)28(53)18-45(59,42(34,5)6)38(65-40(57)26-11-9-8-10-12-26)36-43(37,7)16-15-30-44(36,21-61-30)66-25(4)52/h8-12,19,27,29-31,35-38,59H,13-18,20-21H2,1-7H3,(H,47,56,58)/t27-,29+,30+,31+,35+,36-,37-,38-,43+,44-,45+/m0/s1. The van der Waals surface area contributed by atoms with E-state index in [0.29, 0.717) is 0 Å². The van der Waals surface area contributed by atoms with E-state index in [1.54, 1.807) is 39.0 Å². The van der Waals surface area contributed by atoms with Crippen LogP contribution in [0.4, 0.5) is 0 Å². The Kier molecular flexibility index (Phi) is 13.0. The summed E-state index contributed by atoms with van der Waals surface area (Å²) >= 11 is 0. The highest BCUT2D eigenvalue weighted by atomic mass is 16.6. The molecule has 2 saturated carbocycles. The molecule has 2 aliphatic heterocycles.